The zero-order chi connectivity index (χ0) is 20.0. The molecule has 2 heterocycles. The topological polar surface area (TPSA) is 0 Å². The van der Waals surface area contributed by atoms with E-state index in [0.29, 0.717) is 0 Å². The summed E-state index contributed by atoms with van der Waals surface area (Å²) in [6, 6.07) is 28.4. The zero-order valence-corrected chi connectivity index (χ0v) is 21.4. The van der Waals surface area contributed by atoms with Crippen molar-refractivity contribution in [3.05, 3.63) is 83.9 Å². The van der Waals surface area contributed by atoms with Crippen LogP contribution in [0.1, 0.15) is 11.1 Å². The molecule has 7 rings (SSSR count). The van der Waals surface area contributed by atoms with Gasteiger partial charge in [0.25, 0.3) is 0 Å². The molecule has 5 aromatic carbocycles. The zero-order valence-electron chi connectivity index (χ0n) is 16.7. The first-order valence-corrected chi connectivity index (χ1v) is 14.9. The van der Waals surface area contributed by atoms with E-state index >= 15 is 0 Å². The first-order valence-electron chi connectivity index (χ1n) is 10.3. The van der Waals surface area contributed by atoms with Crippen molar-refractivity contribution in [1.82, 2.24) is 0 Å². The molecule has 0 aromatic heterocycles. The molecule has 2 aliphatic heterocycles. The second-order valence-electron chi connectivity index (χ2n) is 8.31. The molecule has 142 valence electrons. The van der Waals surface area contributed by atoms with E-state index in [0.717, 1.165) is 0 Å². The molecule has 0 amide bonds. The van der Waals surface area contributed by atoms with Gasteiger partial charge in [-0.1, -0.05) is 0 Å². The molecular formula is C28H18Te2. The standard InChI is InChI=1S/C28H18Te2/c1-15-7-9-21-19(13-15)25-17-5-3-4-6-18(17)26-20-14-16(2)8-10-22(20)30-24-12-11-23(29-21)27(25)28(24)26/h3-14H,1-2H3. The summed E-state index contributed by atoms with van der Waals surface area (Å²) in [4.78, 5) is 0. The van der Waals surface area contributed by atoms with Gasteiger partial charge in [0, 0.05) is 0 Å². The van der Waals surface area contributed by atoms with Crippen LogP contribution < -0.4 is 14.4 Å². The molecule has 2 aliphatic rings. The molecule has 0 saturated carbocycles. The Morgan fingerprint density at radius 3 is 1.40 bits per heavy atom. The third-order valence-corrected chi connectivity index (χ3v) is 12.8. The van der Waals surface area contributed by atoms with E-state index in [1.807, 2.05) is 0 Å². The van der Waals surface area contributed by atoms with Gasteiger partial charge in [-0.15, -0.1) is 0 Å². The van der Waals surface area contributed by atoms with Gasteiger partial charge < -0.3 is 0 Å². The monoisotopic (exact) mass is 614 g/mol. The predicted octanol–water partition coefficient (Wildman–Crippen LogP) is 3.88. The van der Waals surface area contributed by atoms with Gasteiger partial charge in [0.05, 0.1) is 0 Å². The molecule has 30 heavy (non-hydrogen) atoms. The fourth-order valence-electron chi connectivity index (χ4n) is 5.07. The minimum absolute atomic E-state index is 0.369. The van der Waals surface area contributed by atoms with Crippen LogP contribution in [0.2, 0.25) is 0 Å². The number of rotatable bonds is 0. The van der Waals surface area contributed by atoms with Crippen molar-refractivity contribution in [1.29, 1.82) is 0 Å². The van der Waals surface area contributed by atoms with Crippen molar-refractivity contribution in [2.24, 2.45) is 0 Å². The molecular weight excluding hydrogens is 592 g/mol. The summed E-state index contributed by atoms with van der Waals surface area (Å²) in [6.45, 7) is 4.46. The van der Waals surface area contributed by atoms with Gasteiger partial charge in [0.1, 0.15) is 0 Å². The molecule has 0 saturated heterocycles. The number of benzene rings is 5. The van der Waals surface area contributed by atoms with Gasteiger partial charge in [0.15, 0.2) is 0 Å². The number of aryl methyl sites for hydroxylation is 2. The summed E-state index contributed by atoms with van der Waals surface area (Å²) >= 11 is -0.737. The Morgan fingerprint density at radius 1 is 0.500 bits per heavy atom. The van der Waals surface area contributed by atoms with Gasteiger partial charge in [-0.3, -0.25) is 0 Å². The molecule has 0 atom stereocenters. The first kappa shape index (κ1) is 17.8. The van der Waals surface area contributed by atoms with Crippen molar-refractivity contribution < 1.29 is 0 Å². The SMILES string of the molecule is Cc1ccc2c(c1)-c1c3ccccc3c3c4c(ccc(c14)[Te]2)[Te]c1ccc(C)cc1-3. The van der Waals surface area contributed by atoms with Crippen LogP contribution in [0, 0.1) is 13.8 Å². The molecule has 0 nitrogen and oxygen atoms in total. The number of hydrogen-bond donors (Lipinski definition) is 0. The Kier molecular flexibility index (Phi) is 3.78. The van der Waals surface area contributed by atoms with Crippen molar-refractivity contribution in [2.75, 3.05) is 0 Å². The Balaban J connectivity index is 1.78. The van der Waals surface area contributed by atoms with Crippen molar-refractivity contribution in [3.8, 4) is 22.3 Å². The number of fused-ring (bicyclic) bond motifs is 7. The van der Waals surface area contributed by atoms with Crippen molar-refractivity contribution in [2.45, 2.75) is 13.8 Å². The van der Waals surface area contributed by atoms with Crippen LogP contribution >= 0.6 is 0 Å². The van der Waals surface area contributed by atoms with Crippen LogP contribution in [0.5, 0.6) is 0 Å². The summed E-state index contributed by atoms with van der Waals surface area (Å²) in [5, 5.41) is 6.01. The van der Waals surface area contributed by atoms with E-state index in [2.05, 4.69) is 86.6 Å². The van der Waals surface area contributed by atoms with Gasteiger partial charge >= 0.3 is 198 Å². The fraction of sp³-hybridized carbons (Fsp3) is 0.0714. The summed E-state index contributed by atoms with van der Waals surface area (Å²) < 4.78 is 6.44. The van der Waals surface area contributed by atoms with E-state index in [1.54, 1.807) is 25.2 Å². The van der Waals surface area contributed by atoms with Crippen LogP contribution in [0.3, 0.4) is 0 Å². The maximum atomic E-state index is 2.48. The molecule has 0 radical (unpaired) electrons. The van der Waals surface area contributed by atoms with E-state index in [9.17, 15) is 0 Å². The minimum atomic E-state index is -0.369. The van der Waals surface area contributed by atoms with Gasteiger partial charge in [-0.05, 0) is 0 Å². The van der Waals surface area contributed by atoms with Crippen LogP contribution in [0.15, 0.2) is 72.8 Å². The Bertz CT molecular complexity index is 1440. The van der Waals surface area contributed by atoms with Gasteiger partial charge in [0.2, 0.25) is 0 Å². The molecule has 5 aromatic rings. The van der Waals surface area contributed by atoms with Crippen LogP contribution in [-0.2, 0) is 0 Å². The van der Waals surface area contributed by atoms with Crippen molar-refractivity contribution >= 4 is 77.8 Å². The average molecular weight is 610 g/mol. The molecule has 0 spiro atoms. The molecule has 0 N–H and O–H groups in total. The second kappa shape index (κ2) is 6.36. The van der Waals surface area contributed by atoms with Crippen LogP contribution in [0.4, 0.5) is 0 Å². The molecule has 2 heteroatoms. The average Bonchev–Trinajstić information content (AvgIpc) is 2.77. The van der Waals surface area contributed by atoms with Crippen LogP contribution in [-0.4, -0.2) is 41.8 Å². The Labute approximate surface area is 196 Å². The summed E-state index contributed by atoms with van der Waals surface area (Å²) in [6.07, 6.45) is 0. The van der Waals surface area contributed by atoms with Gasteiger partial charge in [-0.25, -0.2) is 0 Å². The Morgan fingerprint density at radius 2 is 0.933 bits per heavy atom. The summed E-state index contributed by atoms with van der Waals surface area (Å²) in [7, 11) is 0. The second-order valence-corrected chi connectivity index (χ2v) is 14.5. The quantitative estimate of drug-likeness (QED) is 0.181. The molecule has 0 aliphatic carbocycles. The van der Waals surface area contributed by atoms with E-state index < -0.39 is 0 Å². The maximum absolute atomic E-state index is 2.48. The van der Waals surface area contributed by atoms with Crippen molar-refractivity contribution in [3.63, 3.8) is 0 Å². The fourth-order valence-corrected chi connectivity index (χ4v) is 11.3. The third kappa shape index (κ3) is 2.35. The Hall–Kier alpha value is -1.80. The number of hydrogen-bond acceptors (Lipinski definition) is 0. The normalized spacial score (nSPS) is 13.4. The van der Waals surface area contributed by atoms with E-state index in [-0.39, 0.29) is 41.8 Å². The molecule has 0 unspecified atom stereocenters. The summed E-state index contributed by atoms with van der Waals surface area (Å²) in [5.74, 6) is 0. The predicted molar refractivity (Wildman–Crippen MR) is 132 cm³/mol. The van der Waals surface area contributed by atoms with Gasteiger partial charge in [-0.2, -0.15) is 0 Å². The molecule has 0 bridgehead atoms. The summed E-state index contributed by atoms with van der Waals surface area (Å²) in [5.41, 5.74) is 8.73. The third-order valence-electron chi connectivity index (χ3n) is 6.34. The first-order chi connectivity index (χ1) is 14.7. The molecule has 0 fully saturated rings. The van der Waals surface area contributed by atoms with E-state index in [1.165, 1.54) is 44.2 Å². The van der Waals surface area contributed by atoms with Crippen LogP contribution in [0.25, 0.3) is 43.8 Å². The van der Waals surface area contributed by atoms with E-state index in [4.69, 9.17) is 0 Å².